The number of piperazine rings is 2. The molecule has 2 aliphatic heterocycles. The molecule has 3 aromatic rings. The number of benzene rings is 1. The first-order chi connectivity index (χ1) is 16.8. The van der Waals surface area contributed by atoms with E-state index in [9.17, 15) is 13.2 Å². The van der Waals surface area contributed by atoms with Gasteiger partial charge in [0, 0.05) is 65.0 Å². The highest BCUT2D eigenvalue weighted by molar-refractivity contribution is 7.86. The molecule has 0 bridgehead atoms. The lowest BCUT2D eigenvalue weighted by molar-refractivity contribution is 0.0694. The number of pyridine rings is 1. The fraction of sp³-hybridized carbons (Fsp3) is 0.458. The van der Waals surface area contributed by atoms with Gasteiger partial charge in [0.05, 0.1) is 22.3 Å². The zero-order chi connectivity index (χ0) is 24.7. The van der Waals surface area contributed by atoms with Crippen LogP contribution in [0.15, 0.2) is 36.4 Å². The maximum atomic E-state index is 13.7. The molecule has 4 heterocycles. The number of carbonyl (C=O) groups excluding carboxylic acids is 1. The molecule has 2 aliphatic rings. The highest BCUT2D eigenvalue weighted by Gasteiger charge is 2.35. The number of aromatic nitrogens is 3. The summed E-state index contributed by atoms with van der Waals surface area (Å²) in [4.78, 5) is 22.4. The van der Waals surface area contributed by atoms with E-state index in [0.29, 0.717) is 43.1 Å². The largest absolute Gasteiger partial charge is 0.336 e. The topological polar surface area (TPSA) is 94.9 Å². The summed E-state index contributed by atoms with van der Waals surface area (Å²) in [5.74, 6) is -0.123. The number of aryl methyl sites for hydroxylation is 2. The lowest BCUT2D eigenvalue weighted by Gasteiger charge is -2.39. The van der Waals surface area contributed by atoms with Crippen LogP contribution in [0.25, 0.3) is 22.3 Å². The Labute approximate surface area is 205 Å². The van der Waals surface area contributed by atoms with E-state index in [1.165, 1.54) is 4.31 Å². The lowest BCUT2D eigenvalue weighted by Crippen LogP contribution is -2.57. The fourth-order valence-electron chi connectivity index (χ4n) is 4.84. The van der Waals surface area contributed by atoms with Gasteiger partial charge in [-0.3, -0.25) is 9.48 Å². The van der Waals surface area contributed by atoms with Crippen molar-refractivity contribution in [3.63, 3.8) is 0 Å². The highest BCUT2D eigenvalue weighted by atomic mass is 32.2. The average molecular weight is 498 g/mol. The van der Waals surface area contributed by atoms with Crippen LogP contribution < -0.4 is 0 Å². The average Bonchev–Trinajstić information content (AvgIpc) is 3.17. The van der Waals surface area contributed by atoms with Crippen molar-refractivity contribution in [3.8, 4) is 11.3 Å². The first-order valence-electron chi connectivity index (χ1n) is 11.9. The van der Waals surface area contributed by atoms with Crippen LogP contribution in [0.1, 0.15) is 16.1 Å². The Bertz CT molecular complexity index is 1340. The van der Waals surface area contributed by atoms with Gasteiger partial charge < -0.3 is 9.80 Å². The molecule has 35 heavy (non-hydrogen) atoms. The van der Waals surface area contributed by atoms with E-state index in [-0.39, 0.29) is 19.0 Å². The summed E-state index contributed by atoms with van der Waals surface area (Å²) in [6.45, 7) is 5.58. The molecular weight excluding hydrogens is 466 g/mol. The van der Waals surface area contributed by atoms with Gasteiger partial charge in [-0.2, -0.15) is 22.1 Å². The molecule has 0 radical (unpaired) electrons. The van der Waals surface area contributed by atoms with Crippen LogP contribution in [-0.4, -0.2) is 107 Å². The smallest absolute Gasteiger partial charge is 0.282 e. The van der Waals surface area contributed by atoms with Crippen molar-refractivity contribution < 1.29 is 13.2 Å². The van der Waals surface area contributed by atoms with Crippen molar-refractivity contribution >= 4 is 27.1 Å². The Balaban J connectivity index is 1.39. The van der Waals surface area contributed by atoms with E-state index >= 15 is 0 Å². The summed E-state index contributed by atoms with van der Waals surface area (Å²) in [6.07, 6.45) is 0. The second-order valence-electron chi connectivity index (χ2n) is 9.23. The maximum absolute atomic E-state index is 13.7. The van der Waals surface area contributed by atoms with Gasteiger partial charge in [-0.1, -0.05) is 30.3 Å². The summed E-state index contributed by atoms with van der Waals surface area (Å²) >= 11 is 0. The number of nitrogens with zero attached hydrogens (tertiary/aromatic N) is 7. The van der Waals surface area contributed by atoms with E-state index in [2.05, 4.69) is 10.00 Å². The molecule has 0 aliphatic carbocycles. The van der Waals surface area contributed by atoms with Crippen molar-refractivity contribution in [2.24, 2.45) is 7.05 Å². The maximum Gasteiger partial charge on any atom is 0.282 e. The Kier molecular flexibility index (Phi) is 6.34. The second-order valence-corrected chi connectivity index (χ2v) is 11.2. The monoisotopic (exact) mass is 497 g/mol. The van der Waals surface area contributed by atoms with Crippen molar-refractivity contribution in [2.45, 2.75) is 6.92 Å². The van der Waals surface area contributed by atoms with Crippen LogP contribution in [0, 0.1) is 6.92 Å². The molecule has 11 heteroatoms. The van der Waals surface area contributed by atoms with Crippen molar-refractivity contribution in [3.05, 3.63) is 47.7 Å². The van der Waals surface area contributed by atoms with Crippen LogP contribution in [-0.2, 0) is 17.3 Å². The van der Waals surface area contributed by atoms with Gasteiger partial charge in [0.25, 0.3) is 16.1 Å². The van der Waals surface area contributed by atoms with Gasteiger partial charge in [0.15, 0.2) is 5.65 Å². The molecule has 2 saturated heterocycles. The molecule has 186 valence electrons. The quantitative estimate of drug-likeness (QED) is 0.538. The molecule has 0 spiro atoms. The first kappa shape index (κ1) is 23.9. The third-order valence-corrected chi connectivity index (χ3v) is 8.94. The van der Waals surface area contributed by atoms with Gasteiger partial charge >= 0.3 is 0 Å². The van der Waals surface area contributed by atoms with Crippen molar-refractivity contribution in [2.75, 3.05) is 59.4 Å². The molecule has 0 saturated carbocycles. The normalized spacial score (nSPS) is 18.9. The number of carbonyl (C=O) groups is 1. The predicted octanol–water partition coefficient (Wildman–Crippen LogP) is 1.19. The van der Waals surface area contributed by atoms with Crippen LogP contribution in [0.5, 0.6) is 0 Å². The molecule has 1 amide bonds. The minimum absolute atomic E-state index is 0.123. The number of likely N-dealkylation sites (N-methyl/N-ethyl adjacent to an activating group) is 1. The standard InChI is InChI=1S/C24H31N7O3S/c1-18-22-20(17-21(19-7-5-4-6-8-19)25-23(22)28(3)26-18)24(32)29-11-15-31(16-12-29)35(33,34)30-13-9-27(2)10-14-30/h4-8,17H,9-16H2,1-3H3. The van der Waals surface area contributed by atoms with Gasteiger partial charge in [0.2, 0.25) is 0 Å². The van der Waals surface area contributed by atoms with Crippen molar-refractivity contribution in [1.82, 2.24) is 33.2 Å². The van der Waals surface area contributed by atoms with Crippen LogP contribution in [0.3, 0.4) is 0 Å². The first-order valence-corrected chi connectivity index (χ1v) is 13.3. The molecule has 2 aromatic heterocycles. The molecule has 0 N–H and O–H groups in total. The summed E-state index contributed by atoms with van der Waals surface area (Å²) in [5.41, 5.74) is 3.58. The third-order valence-electron chi connectivity index (χ3n) is 6.91. The zero-order valence-corrected chi connectivity index (χ0v) is 21.2. The fourth-order valence-corrected chi connectivity index (χ4v) is 6.42. The van der Waals surface area contributed by atoms with Crippen LogP contribution in [0.4, 0.5) is 0 Å². The number of hydrogen-bond acceptors (Lipinski definition) is 6. The molecule has 1 aromatic carbocycles. The second kappa shape index (κ2) is 9.30. The van der Waals surface area contributed by atoms with Gasteiger partial charge in [-0.15, -0.1) is 0 Å². The summed E-state index contributed by atoms with van der Waals surface area (Å²) in [7, 11) is 0.300. The van der Waals surface area contributed by atoms with Gasteiger partial charge in [0.1, 0.15) is 0 Å². The van der Waals surface area contributed by atoms with Crippen molar-refractivity contribution in [1.29, 1.82) is 0 Å². The molecule has 2 fully saturated rings. The van der Waals surface area contributed by atoms with E-state index < -0.39 is 10.2 Å². The Morgan fingerprint density at radius 3 is 2.11 bits per heavy atom. The minimum Gasteiger partial charge on any atom is -0.336 e. The van der Waals surface area contributed by atoms with Gasteiger partial charge in [-0.05, 0) is 20.0 Å². The summed E-state index contributed by atoms with van der Waals surface area (Å²) < 4.78 is 31.0. The highest BCUT2D eigenvalue weighted by Crippen LogP contribution is 2.28. The Morgan fingerprint density at radius 2 is 1.49 bits per heavy atom. The molecule has 0 unspecified atom stereocenters. The minimum atomic E-state index is -3.52. The molecule has 0 atom stereocenters. The lowest BCUT2D eigenvalue weighted by atomic mass is 10.0. The third kappa shape index (κ3) is 4.44. The number of fused-ring (bicyclic) bond motifs is 1. The Hall–Kier alpha value is -2.86. The van der Waals surface area contributed by atoms with E-state index in [4.69, 9.17) is 4.98 Å². The molecule has 5 rings (SSSR count). The molecular formula is C24H31N7O3S. The zero-order valence-electron chi connectivity index (χ0n) is 20.4. The van der Waals surface area contributed by atoms with Crippen LogP contribution >= 0.6 is 0 Å². The predicted molar refractivity (Wildman–Crippen MR) is 134 cm³/mol. The van der Waals surface area contributed by atoms with Gasteiger partial charge in [-0.25, -0.2) is 4.98 Å². The van der Waals surface area contributed by atoms with E-state index in [1.807, 2.05) is 57.4 Å². The summed E-state index contributed by atoms with van der Waals surface area (Å²) in [5, 5.41) is 5.24. The number of amides is 1. The summed E-state index contributed by atoms with van der Waals surface area (Å²) in [6, 6.07) is 11.6. The van der Waals surface area contributed by atoms with E-state index in [0.717, 1.165) is 29.7 Å². The van der Waals surface area contributed by atoms with Crippen LogP contribution in [0.2, 0.25) is 0 Å². The molecule has 10 nitrogen and oxygen atoms in total. The number of rotatable bonds is 4. The van der Waals surface area contributed by atoms with E-state index in [1.54, 1.807) is 13.9 Å². The SMILES string of the molecule is Cc1nn(C)c2nc(-c3ccccc3)cc(C(=O)N3CCN(S(=O)(=O)N4CCN(C)CC4)CC3)c12. The number of hydrogen-bond donors (Lipinski definition) is 0. The Morgan fingerprint density at radius 1 is 0.886 bits per heavy atom.